The maximum absolute atomic E-state index is 13.1. The van der Waals surface area contributed by atoms with Crippen LogP contribution in [-0.4, -0.2) is 69.0 Å². The fourth-order valence-electron chi connectivity index (χ4n) is 5.20. The molecule has 1 aliphatic heterocycles. The summed E-state index contributed by atoms with van der Waals surface area (Å²) in [6.45, 7) is 9.16. The molecule has 1 aliphatic rings. The number of anilines is 1. The summed E-state index contributed by atoms with van der Waals surface area (Å²) in [4.78, 5) is 31.6. The van der Waals surface area contributed by atoms with E-state index in [1.807, 2.05) is 55.5 Å². The fourth-order valence-corrected chi connectivity index (χ4v) is 5.20. The maximum atomic E-state index is 13.1. The number of rotatable bonds is 8. The number of benzene rings is 2. The lowest BCUT2D eigenvalue weighted by atomic mass is 10.0. The van der Waals surface area contributed by atoms with Gasteiger partial charge in [0, 0.05) is 86.2 Å². The average Bonchev–Trinajstić information content (AvgIpc) is 3.47. The summed E-state index contributed by atoms with van der Waals surface area (Å²) in [7, 11) is 2.16. The van der Waals surface area contributed by atoms with E-state index >= 15 is 0 Å². The molecule has 43 heavy (non-hydrogen) atoms. The zero-order valence-electron chi connectivity index (χ0n) is 24.7. The molecule has 0 aliphatic carbocycles. The van der Waals surface area contributed by atoms with Gasteiger partial charge in [0.15, 0.2) is 5.76 Å². The molecule has 1 fully saturated rings. The maximum Gasteiger partial charge on any atom is 0.255 e. The molecule has 4 heterocycles. The Morgan fingerprint density at radius 3 is 2.49 bits per heavy atom. The molecule has 0 bridgehead atoms. The van der Waals surface area contributed by atoms with Crippen LogP contribution >= 0.6 is 0 Å². The van der Waals surface area contributed by atoms with E-state index in [1.165, 1.54) is 5.56 Å². The van der Waals surface area contributed by atoms with Crippen LogP contribution in [0.2, 0.25) is 0 Å². The number of carbonyl (C=O) groups is 1. The second kappa shape index (κ2) is 12.6. The molecule has 0 saturated carbocycles. The van der Waals surface area contributed by atoms with E-state index in [1.54, 1.807) is 18.6 Å². The van der Waals surface area contributed by atoms with Crippen molar-refractivity contribution in [1.82, 2.24) is 29.9 Å². The topological polar surface area (TPSA) is 100 Å². The van der Waals surface area contributed by atoms with Gasteiger partial charge in [0.2, 0.25) is 0 Å². The van der Waals surface area contributed by atoms with Crippen LogP contribution in [0.15, 0.2) is 83.8 Å². The zero-order valence-corrected chi connectivity index (χ0v) is 24.7. The quantitative estimate of drug-likeness (QED) is 0.263. The Morgan fingerprint density at radius 1 is 0.930 bits per heavy atom. The number of amides is 1. The van der Waals surface area contributed by atoms with Crippen molar-refractivity contribution in [2.75, 3.05) is 38.5 Å². The molecular formula is C34H35N7O2. The van der Waals surface area contributed by atoms with Gasteiger partial charge in [-0.25, -0.2) is 9.97 Å². The highest BCUT2D eigenvalue weighted by Gasteiger charge is 2.15. The molecule has 1 saturated heterocycles. The van der Waals surface area contributed by atoms with Crippen molar-refractivity contribution in [2.45, 2.75) is 26.8 Å². The highest BCUT2D eigenvalue weighted by molar-refractivity contribution is 6.04. The molecule has 218 valence electrons. The molecule has 0 atom stereocenters. The first-order valence-corrected chi connectivity index (χ1v) is 14.5. The summed E-state index contributed by atoms with van der Waals surface area (Å²) in [5.74, 6) is 1.21. The first kappa shape index (κ1) is 28.4. The number of pyridine rings is 1. The number of carbonyl (C=O) groups excluding carboxylic acids is 1. The summed E-state index contributed by atoms with van der Waals surface area (Å²) in [5, 5.41) is 7.03. The number of nitrogens with one attached hydrogen (secondary N) is 1. The van der Waals surface area contributed by atoms with Crippen LogP contribution in [0.1, 0.15) is 38.6 Å². The van der Waals surface area contributed by atoms with Crippen LogP contribution in [0.4, 0.5) is 5.69 Å². The van der Waals surface area contributed by atoms with E-state index in [9.17, 15) is 4.79 Å². The first-order chi connectivity index (χ1) is 20.9. The van der Waals surface area contributed by atoms with E-state index in [2.05, 4.69) is 56.3 Å². The predicted molar refractivity (Wildman–Crippen MR) is 167 cm³/mol. The minimum atomic E-state index is -0.131. The Morgan fingerprint density at radius 2 is 1.72 bits per heavy atom. The number of likely N-dealkylation sites (N-methyl/N-ethyl adjacent to an activating group) is 1. The Labute approximate surface area is 251 Å². The van der Waals surface area contributed by atoms with E-state index in [4.69, 9.17) is 9.51 Å². The van der Waals surface area contributed by atoms with E-state index in [-0.39, 0.29) is 5.91 Å². The molecule has 6 rings (SSSR count). The van der Waals surface area contributed by atoms with Gasteiger partial charge in [-0.15, -0.1) is 0 Å². The van der Waals surface area contributed by atoms with Gasteiger partial charge in [-0.05, 0) is 74.0 Å². The van der Waals surface area contributed by atoms with Gasteiger partial charge in [-0.2, -0.15) is 0 Å². The lowest BCUT2D eigenvalue weighted by Crippen LogP contribution is -2.43. The summed E-state index contributed by atoms with van der Waals surface area (Å²) in [6, 6.07) is 19.6. The van der Waals surface area contributed by atoms with Gasteiger partial charge in [0.1, 0.15) is 5.82 Å². The van der Waals surface area contributed by atoms with Crippen molar-refractivity contribution in [2.24, 2.45) is 0 Å². The summed E-state index contributed by atoms with van der Waals surface area (Å²) in [5.41, 5.74) is 8.02. The molecular weight excluding hydrogens is 538 g/mol. The Kier molecular flexibility index (Phi) is 8.35. The van der Waals surface area contributed by atoms with Crippen LogP contribution in [0.25, 0.3) is 22.6 Å². The van der Waals surface area contributed by atoms with Crippen molar-refractivity contribution in [3.8, 4) is 22.6 Å². The van der Waals surface area contributed by atoms with Crippen molar-refractivity contribution >= 4 is 11.6 Å². The third-order valence-corrected chi connectivity index (χ3v) is 7.83. The van der Waals surface area contributed by atoms with Crippen LogP contribution in [0, 0.1) is 13.8 Å². The number of hydrogen-bond acceptors (Lipinski definition) is 8. The van der Waals surface area contributed by atoms with Gasteiger partial charge in [-0.1, -0.05) is 23.4 Å². The summed E-state index contributed by atoms with van der Waals surface area (Å²) < 4.78 is 5.40. The van der Waals surface area contributed by atoms with Gasteiger partial charge in [-0.3, -0.25) is 14.7 Å². The van der Waals surface area contributed by atoms with E-state index in [0.717, 1.165) is 72.1 Å². The fraction of sp³-hybridized carbons (Fsp3) is 0.265. The SMILES string of the molecule is Cc1cc(-c2cncc(-c3ccnc(Cc4cc(NC(=O)c5ccc(CN6CCN(C)CC6)cc5)ccc4C)n3)c2)on1. The van der Waals surface area contributed by atoms with Crippen LogP contribution in [-0.2, 0) is 13.0 Å². The largest absolute Gasteiger partial charge is 0.356 e. The number of aryl methyl sites for hydroxylation is 2. The number of nitrogens with zero attached hydrogens (tertiary/aromatic N) is 6. The molecule has 0 unspecified atom stereocenters. The zero-order chi connectivity index (χ0) is 29.8. The van der Waals surface area contributed by atoms with Gasteiger partial charge in [0.25, 0.3) is 5.91 Å². The van der Waals surface area contributed by atoms with E-state index in [0.29, 0.717) is 23.6 Å². The molecule has 0 spiro atoms. The molecule has 1 N–H and O–H groups in total. The van der Waals surface area contributed by atoms with Crippen molar-refractivity contribution in [1.29, 1.82) is 0 Å². The first-order valence-electron chi connectivity index (χ1n) is 14.5. The highest BCUT2D eigenvalue weighted by Crippen LogP contribution is 2.25. The van der Waals surface area contributed by atoms with Gasteiger partial charge < -0.3 is 14.7 Å². The van der Waals surface area contributed by atoms with Crippen LogP contribution < -0.4 is 5.32 Å². The van der Waals surface area contributed by atoms with Crippen molar-refractivity contribution in [3.63, 3.8) is 0 Å². The summed E-state index contributed by atoms with van der Waals surface area (Å²) in [6.07, 6.45) is 5.81. The average molecular weight is 574 g/mol. The second-order valence-corrected chi connectivity index (χ2v) is 11.2. The monoisotopic (exact) mass is 573 g/mol. The Balaban J connectivity index is 1.12. The van der Waals surface area contributed by atoms with Crippen molar-refractivity contribution < 1.29 is 9.32 Å². The van der Waals surface area contributed by atoms with E-state index < -0.39 is 0 Å². The molecule has 9 nitrogen and oxygen atoms in total. The van der Waals surface area contributed by atoms with Crippen LogP contribution in [0.5, 0.6) is 0 Å². The highest BCUT2D eigenvalue weighted by atomic mass is 16.5. The summed E-state index contributed by atoms with van der Waals surface area (Å²) >= 11 is 0. The standard InChI is InChI=1S/C34H35N7O2/c1-23-4-9-30(37-34(42)26-7-5-25(6-8-26)22-41-14-12-40(3)13-15-41)18-27(23)19-33-36-11-10-31(38-33)28-17-29(21-35-20-28)32-16-24(2)39-43-32/h4-11,16-18,20-21H,12-15,19,22H2,1-3H3,(H,37,42). The minimum Gasteiger partial charge on any atom is -0.356 e. The Hall–Kier alpha value is -4.73. The number of hydrogen-bond donors (Lipinski definition) is 1. The molecule has 5 aromatic rings. The third kappa shape index (κ3) is 7.02. The molecule has 9 heteroatoms. The molecule has 0 radical (unpaired) electrons. The minimum absolute atomic E-state index is 0.131. The van der Waals surface area contributed by atoms with Crippen LogP contribution in [0.3, 0.4) is 0 Å². The number of piperazine rings is 1. The second-order valence-electron chi connectivity index (χ2n) is 11.2. The number of aromatic nitrogens is 4. The lowest BCUT2D eigenvalue weighted by Gasteiger charge is -2.32. The molecule has 3 aromatic heterocycles. The smallest absolute Gasteiger partial charge is 0.255 e. The molecule has 2 aromatic carbocycles. The molecule has 1 amide bonds. The van der Waals surface area contributed by atoms with Crippen molar-refractivity contribution in [3.05, 3.63) is 113 Å². The Bertz CT molecular complexity index is 1720. The normalized spacial score (nSPS) is 14.1. The lowest BCUT2D eigenvalue weighted by molar-refractivity contribution is 0.102. The predicted octanol–water partition coefficient (Wildman–Crippen LogP) is 5.40. The van der Waals surface area contributed by atoms with Gasteiger partial charge in [0.05, 0.1) is 11.4 Å². The third-order valence-electron chi connectivity index (χ3n) is 7.83. The van der Waals surface area contributed by atoms with Gasteiger partial charge >= 0.3 is 0 Å².